The molecular formula is C15H18BrNO2. The Balaban J connectivity index is 1.95. The fourth-order valence-corrected chi connectivity index (χ4v) is 2.38. The molecule has 0 radical (unpaired) electrons. The smallest absolute Gasteiger partial charge is 0.220 e. The van der Waals surface area contributed by atoms with Crippen molar-refractivity contribution < 1.29 is 9.21 Å². The summed E-state index contributed by atoms with van der Waals surface area (Å²) in [5.74, 6) is 0.879. The molecule has 1 heterocycles. The quantitative estimate of drug-likeness (QED) is 0.640. The van der Waals surface area contributed by atoms with Crippen molar-refractivity contribution in [2.75, 3.05) is 5.33 Å². The van der Waals surface area contributed by atoms with Crippen LogP contribution in [-0.4, -0.2) is 11.2 Å². The van der Waals surface area contributed by atoms with Gasteiger partial charge in [-0.25, -0.2) is 0 Å². The summed E-state index contributed by atoms with van der Waals surface area (Å²) in [5, 5.41) is 4.98. The lowest BCUT2D eigenvalue weighted by molar-refractivity contribution is -0.121. The van der Waals surface area contributed by atoms with E-state index in [1.54, 1.807) is 0 Å². The molecule has 4 heteroatoms. The van der Waals surface area contributed by atoms with Gasteiger partial charge in [0.25, 0.3) is 0 Å². The van der Waals surface area contributed by atoms with Crippen LogP contribution < -0.4 is 5.32 Å². The van der Waals surface area contributed by atoms with Gasteiger partial charge in [-0.2, -0.15) is 0 Å². The van der Waals surface area contributed by atoms with Gasteiger partial charge in [0.2, 0.25) is 5.91 Å². The number of fused-ring (bicyclic) bond motifs is 1. The third kappa shape index (κ3) is 3.83. The average Bonchev–Trinajstić information content (AvgIpc) is 2.83. The summed E-state index contributed by atoms with van der Waals surface area (Å²) in [7, 11) is 0. The van der Waals surface area contributed by atoms with E-state index in [4.69, 9.17) is 4.42 Å². The van der Waals surface area contributed by atoms with E-state index in [9.17, 15) is 4.79 Å². The monoisotopic (exact) mass is 323 g/mol. The molecular weight excluding hydrogens is 306 g/mol. The molecule has 1 unspecified atom stereocenters. The van der Waals surface area contributed by atoms with E-state index in [-0.39, 0.29) is 11.9 Å². The molecule has 0 aliphatic rings. The molecule has 3 nitrogen and oxygen atoms in total. The second-order valence-corrected chi connectivity index (χ2v) is 5.41. The number of carbonyl (C=O) groups is 1. The highest BCUT2D eigenvalue weighted by atomic mass is 79.9. The molecule has 2 aromatic rings. The maximum atomic E-state index is 11.7. The number of rotatable bonds is 6. The Morgan fingerprint density at radius 2 is 2.16 bits per heavy atom. The number of nitrogens with one attached hydrogen (secondary N) is 1. The van der Waals surface area contributed by atoms with Crippen molar-refractivity contribution >= 4 is 32.8 Å². The molecule has 0 aliphatic heterocycles. The van der Waals surface area contributed by atoms with E-state index >= 15 is 0 Å². The zero-order valence-electron chi connectivity index (χ0n) is 11.0. The summed E-state index contributed by atoms with van der Waals surface area (Å²) in [5.41, 5.74) is 0.859. The van der Waals surface area contributed by atoms with Gasteiger partial charge in [-0.3, -0.25) is 4.79 Å². The van der Waals surface area contributed by atoms with E-state index < -0.39 is 0 Å². The van der Waals surface area contributed by atoms with Crippen molar-refractivity contribution in [2.24, 2.45) is 0 Å². The minimum atomic E-state index is -0.0936. The predicted molar refractivity (Wildman–Crippen MR) is 80.4 cm³/mol. The molecule has 0 saturated heterocycles. The molecule has 0 fully saturated rings. The number of benzene rings is 1. The predicted octanol–water partition coefficient (Wildman–Crippen LogP) is 4.18. The number of unbranched alkanes of at least 4 members (excludes halogenated alkanes) is 1. The van der Waals surface area contributed by atoms with Crippen LogP contribution in [0.15, 0.2) is 34.7 Å². The largest absolute Gasteiger partial charge is 0.459 e. The van der Waals surface area contributed by atoms with E-state index in [1.807, 2.05) is 37.3 Å². The molecule has 0 aliphatic carbocycles. The first-order valence-corrected chi connectivity index (χ1v) is 7.66. The third-order valence-corrected chi connectivity index (χ3v) is 3.60. The van der Waals surface area contributed by atoms with Crippen molar-refractivity contribution in [3.63, 3.8) is 0 Å². The van der Waals surface area contributed by atoms with Crippen LogP contribution in [-0.2, 0) is 4.79 Å². The molecule has 1 aromatic carbocycles. The zero-order chi connectivity index (χ0) is 13.7. The van der Waals surface area contributed by atoms with E-state index in [2.05, 4.69) is 21.2 Å². The molecule has 1 N–H and O–H groups in total. The minimum absolute atomic E-state index is 0.0777. The molecule has 2 rings (SSSR count). The first-order chi connectivity index (χ1) is 9.20. The summed E-state index contributed by atoms with van der Waals surface area (Å²) in [6.07, 6.45) is 2.49. The van der Waals surface area contributed by atoms with E-state index in [0.29, 0.717) is 6.42 Å². The van der Waals surface area contributed by atoms with Crippen molar-refractivity contribution in [2.45, 2.75) is 32.2 Å². The van der Waals surface area contributed by atoms with Crippen LogP contribution in [0.1, 0.15) is 38.0 Å². The van der Waals surface area contributed by atoms with Gasteiger partial charge < -0.3 is 9.73 Å². The Morgan fingerprint density at radius 3 is 2.89 bits per heavy atom. The molecule has 19 heavy (non-hydrogen) atoms. The van der Waals surface area contributed by atoms with Gasteiger partial charge in [0, 0.05) is 17.1 Å². The molecule has 1 amide bonds. The lowest BCUT2D eigenvalue weighted by Gasteiger charge is -2.10. The zero-order valence-corrected chi connectivity index (χ0v) is 12.6. The van der Waals surface area contributed by atoms with Crippen molar-refractivity contribution in [3.05, 3.63) is 36.1 Å². The van der Waals surface area contributed by atoms with Crippen molar-refractivity contribution in [1.82, 2.24) is 5.32 Å². The van der Waals surface area contributed by atoms with Gasteiger partial charge in [-0.05, 0) is 31.9 Å². The summed E-state index contributed by atoms with van der Waals surface area (Å²) >= 11 is 3.36. The van der Waals surface area contributed by atoms with E-state index in [0.717, 1.165) is 34.9 Å². The van der Waals surface area contributed by atoms with Crippen LogP contribution in [0.2, 0.25) is 0 Å². The molecule has 102 valence electrons. The van der Waals surface area contributed by atoms with Gasteiger partial charge in [-0.15, -0.1) is 0 Å². The standard InChI is InChI=1S/C15H18BrNO2/c1-11(17-15(18)8-4-5-9-16)14-10-12-6-2-3-7-13(12)19-14/h2-3,6-7,10-11H,4-5,8-9H2,1H3,(H,17,18). The number of hydrogen-bond donors (Lipinski definition) is 1. The molecule has 0 spiro atoms. The normalized spacial score (nSPS) is 12.5. The van der Waals surface area contributed by atoms with Gasteiger partial charge in [0.1, 0.15) is 11.3 Å². The Hall–Kier alpha value is -1.29. The first-order valence-electron chi connectivity index (χ1n) is 6.54. The highest BCUT2D eigenvalue weighted by Gasteiger charge is 2.13. The maximum Gasteiger partial charge on any atom is 0.220 e. The molecule has 0 saturated carbocycles. The second kappa shape index (κ2) is 6.75. The average molecular weight is 324 g/mol. The summed E-state index contributed by atoms with van der Waals surface area (Å²) < 4.78 is 5.73. The Labute approximate surface area is 121 Å². The number of para-hydroxylation sites is 1. The fraction of sp³-hybridized carbons (Fsp3) is 0.400. The number of amides is 1. The Bertz CT molecular complexity index is 517. The van der Waals surface area contributed by atoms with Crippen LogP contribution in [0.25, 0.3) is 11.0 Å². The van der Waals surface area contributed by atoms with Crippen LogP contribution >= 0.6 is 15.9 Å². The van der Waals surface area contributed by atoms with Gasteiger partial charge >= 0.3 is 0 Å². The third-order valence-electron chi connectivity index (χ3n) is 3.04. The summed E-state index contributed by atoms with van der Waals surface area (Å²) in [6.45, 7) is 1.94. The Morgan fingerprint density at radius 1 is 1.37 bits per heavy atom. The molecule has 1 aromatic heterocycles. The van der Waals surface area contributed by atoms with Crippen molar-refractivity contribution in [3.8, 4) is 0 Å². The van der Waals surface area contributed by atoms with Gasteiger partial charge in [0.15, 0.2) is 0 Å². The lowest BCUT2D eigenvalue weighted by Crippen LogP contribution is -2.26. The lowest BCUT2D eigenvalue weighted by atomic mass is 10.2. The van der Waals surface area contributed by atoms with Gasteiger partial charge in [0.05, 0.1) is 6.04 Å². The Kier molecular flexibility index (Phi) is 5.02. The molecule has 0 bridgehead atoms. The number of furan rings is 1. The summed E-state index contributed by atoms with van der Waals surface area (Å²) in [6, 6.07) is 9.75. The van der Waals surface area contributed by atoms with Crippen LogP contribution in [0.4, 0.5) is 0 Å². The SMILES string of the molecule is CC(NC(=O)CCCCBr)c1cc2ccccc2o1. The number of hydrogen-bond acceptors (Lipinski definition) is 2. The number of alkyl halides is 1. The van der Waals surface area contributed by atoms with E-state index in [1.165, 1.54) is 0 Å². The summed E-state index contributed by atoms with van der Waals surface area (Å²) in [4.78, 5) is 11.7. The topological polar surface area (TPSA) is 42.2 Å². The molecule has 1 atom stereocenters. The van der Waals surface area contributed by atoms with Crippen LogP contribution in [0, 0.1) is 0 Å². The second-order valence-electron chi connectivity index (χ2n) is 4.62. The maximum absolute atomic E-state index is 11.7. The highest BCUT2D eigenvalue weighted by molar-refractivity contribution is 9.09. The van der Waals surface area contributed by atoms with Gasteiger partial charge in [-0.1, -0.05) is 34.1 Å². The number of carbonyl (C=O) groups excluding carboxylic acids is 1. The van der Waals surface area contributed by atoms with Crippen LogP contribution in [0.3, 0.4) is 0 Å². The fourth-order valence-electron chi connectivity index (χ4n) is 1.98. The van der Waals surface area contributed by atoms with Crippen molar-refractivity contribution in [1.29, 1.82) is 0 Å². The minimum Gasteiger partial charge on any atom is -0.459 e. The highest BCUT2D eigenvalue weighted by Crippen LogP contribution is 2.23. The number of halogens is 1. The first kappa shape index (κ1) is 14.1. The van der Waals surface area contributed by atoms with Crippen LogP contribution in [0.5, 0.6) is 0 Å².